The van der Waals surface area contributed by atoms with E-state index in [-0.39, 0.29) is 0 Å². The molecule has 2 aromatic rings. The number of thiocarbonyl (C=S) groups is 1. The first-order chi connectivity index (χ1) is 7.75. The van der Waals surface area contributed by atoms with Crippen LogP contribution in [0, 0.1) is 0 Å². The summed E-state index contributed by atoms with van der Waals surface area (Å²) in [7, 11) is 0. The number of nitrogens with zero attached hydrogens (tertiary/aromatic N) is 1. The third-order valence-corrected chi connectivity index (χ3v) is 2.42. The Kier molecular flexibility index (Phi) is 3.26. The summed E-state index contributed by atoms with van der Waals surface area (Å²) in [6, 6.07) is 7.43. The van der Waals surface area contributed by atoms with Gasteiger partial charge in [0.05, 0.1) is 25.6 Å². The van der Waals surface area contributed by atoms with E-state index >= 15 is 0 Å². The highest BCUT2D eigenvalue weighted by Crippen LogP contribution is 2.10. The molecule has 4 nitrogen and oxygen atoms in total. The molecular weight excluding hydrogens is 224 g/mol. The van der Waals surface area contributed by atoms with Crippen molar-refractivity contribution in [1.82, 2.24) is 4.90 Å². The van der Waals surface area contributed by atoms with E-state index in [9.17, 15) is 0 Å². The maximum Gasteiger partial charge on any atom is 0.167 e. The molecule has 0 unspecified atom stereocenters. The fourth-order valence-corrected chi connectivity index (χ4v) is 1.52. The molecule has 16 heavy (non-hydrogen) atoms. The van der Waals surface area contributed by atoms with Crippen LogP contribution in [0.1, 0.15) is 11.5 Å². The second-order valence-corrected chi connectivity index (χ2v) is 3.77. The molecule has 0 spiro atoms. The highest BCUT2D eigenvalue weighted by Gasteiger charge is 2.11. The van der Waals surface area contributed by atoms with Crippen molar-refractivity contribution < 1.29 is 8.83 Å². The fourth-order valence-electron chi connectivity index (χ4n) is 1.39. The number of furan rings is 2. The van der Waals surface area contributed by atoms with Gasteiger partial charge in [0.2, 0.25) is 0 Å². The molecule has 0 saturated carbocycles. The van der Waals surface area contributed by atoms with Crippen LogP contribution in [0.3, 0.4) is 0 Å². The molecule has 5 heteroatoms. The van der Waals surface area contributed by atoms with Crippen LogP contribution in [0.5, 0.6) is 0 Å². The maximum atomic E-state index is 5.64. The molecule has 2 N–H and O–H groups in total. The Bertz CT molecular complexity index is 400. The summed E-state index contributed by atoms with van der Waals surface area (Å²) in [4.78, 5) is 1.81. The van der Waals surface area contributed by atoms with Gasteiger partial charge in [-0.2, -0.15) is 0 Å². The van der Waals surface area contributed by atoms with Crippen molar-refractivity contribution in [3.8, 4) is 0 Å². The first kappa shape index (κ1) is 10.8. The molecule has 84 valence electrons. The lowest BCUT2D eigenvalue weighted by Gasteiger charge is -2.20. The minimum atomic E-state index is 0.327. The predicted octanol–water partition coefficient (Wildman–Crippen LogP) is 2.12. The monoisotopic (exact) mass is 236 g/mol. The smallest absolute Gasteiger partial charge is 0.167 e. The van der Waals surface area contributed by atoms with E-state index < -0.39 is 0 Å². The number of hydrogen-bond acceptors (Lipinski definition) is 3. The number of rotatable bonds is 4. The first-order valence-electron chi connectivity index (χ1n) is 4.85. The summed E-state index contributed by atoms with van der Waals surface area (Å²) in [6.45, 7) is 1.09. The summed E-state index contributed by atoms with van der Waals surface area (Å²) >= 11 is 4.98. The summed E-state index contributed by atoms with van der Waals surface area (Å²) in [5.41, 5.74) is 5.64. The molecule has 2 aromatic heterocycles. The van der Waals surface area contributed by atoms with Crippen molar-refractivity contribution in [3.63, 3.8) is 0 Å². The van der Waals surface area contributed by atoms with E-state index in [2.05, 4.69) is 0 Å². The van der Waals surface area contributed by atoms with Crippen LogP contribution in [0.15, 0.2) is 45.6 Å². The van der Waals surface area contributed by atoms with E-state index in [1.807, 2.05) is 29.2 Å². The molecule has 2 rings (SSSR count). The molecule has 0 radical (unpaired) electrons. The van der Waals surface area contributed by atoms with Crippen molar-refractivity contribution >= 4 is 17.3 Å². The van der Waals surface area contributed by atoms with Gasteiger partial charge in [-0.05, 0) is 36.5 Å². The Hall–Kier alpha value is -1.75. The zero-order valence-corrected chi connectivity index (χ0v) is 9.44. The molecule has 0 aliphatic carbocycles. The van der Waals surface area contributed by atoms with E-state index in [1.165, 1.54) is 0 Å². The maximum absolute atomic E-state index is 5.64. The topological polar surface area (TPSA) is 55.5 Å². The molecule has 0 saturated heterocycles. The predicted molar refractivity (Wildman–Crippen MR) is 63.4 cm³/mol. The summed E-state index contributed by atoms with van der Waals surface area (Å²) < 4.78 is 10.5. The molecule has 0 amide bonds. The average Bonchev–Trinajstić information content (AvgIpc) is 2.88. The van der Waals surface area contributed by atoms with Gasteiger partial charge in [0, 0.05) is 0 Å². The molecule has 0 atom stereocenters. The third-order valence-electron chi connectivity index (χ3n) is 2.17. The molecule has 0 aliphatic rings. The van der Waals surface area contributed by atoms with Crippen LogP contribution in [0.2, 0.25) is 0 Å². The molecule has 0 aromatic carbocycles. The molecule has 0 bridgehead atoms. The summed E-state index contributed by atoms with van der Waals surface area (Å²) in [6.07, 6.45) is 3.25. The van der Waals surface area contributed by atoms with E-state index in [0.717, 1.165) is 11.5 Å². The van der Waals surface area contributed by atoms with Crippen molar-refractivity contribution in [1.29, 1.82) is 0 Å². The van der Waals surface area contributed by atoms with Crippen LogP contribution in [-0.2, 0) is 13.1 Å². The van der Waals surface area contributed by atoms with E-state index in [4.69, 9.17) is 26.8 Å². The van der Waals surface area contributed by atoms with Gasteiger partial charge >= 0.3 is 0 Å². The lowest BCUT2D eigenvalue weighted by Crippen LogP contribution is -2.34. The number of hydrogen-bond donors (Lipinski definition) is 1. The normalized spacial score (nSPS) is 10.2. The Morgan fingerprint density at radius 3 is 1.94 bits per heavy atom. The largest absolute Gasteiger partial charge is 0.467 e. The van der Waals surface area contributed by atoms with Crippen molar-refractivity contribution in [3.05, 3.63) is 48.3 Å². The second-order valence-electron chi connectivity index (χ2n) is 3.35. The highest BCUT2D eigenvalue weighted by atomic mass is 32.1. The third kappa shape index (κ3) is 2.64. The van der Waals surface area contributed by atoms with Crippen LogP contribution < -0.4 is 5.73 Å². The minimum absolute atomic E-state index is 0.327. The van der Waals surface area contributed by atoms with Crippen molar-refractivity contribution in [2.75, 3.05) is 0 Å². The van der Waals surface area contributed by atoms with Gasteiger partial charge in [-0.15, -0.1) is 0 Å². The van der Waals surface area contributed by atoms with Crippen molar-refractivity contribution in [2.24, 2.45) is 5.73 Å². The zero-order chi connectivity index (χ0) is 11.4. The van der Waals surface area contributed by atoms with Crippen molar-refractivity contribution in [2.45, 2.75) is 13.1 Å². The van der Waals surface area contributed by atoms with Crippen LogP contribution in [0.4, 0.5) is 0 Å². The highest BCUT2D eigenvalue weighted by molar-refractivity contribution is 7.80. The van der Waals surface area contributed by atoms with Crippen LogP contribution in [0.25, 0.3) is 0 Å². The fraction of sp³-hybridized carbons (Fsp3) is 0.182. The Morgan fingerprint density at radius 1 is 1.12 bits per heavy atom. The standard InChI is InChI=1S/C11H12N2O2S/c12-11(16)13(7-9-3-1-5-14-9)8-10-4-2-6-15-10/h1-6H,7-8H2,(H2,12,16). The molecular formula is C11H12N2O2S. The minimum Gasteiger partial charge on any atom is -0.467 e. The van der Waals surface area contributed by atoms with E-state index in [1.54, 1.807) is 12.5 Å². The van der Waals surface area contributed by atoms with Gasteiger partial charge < -0.3 is 19.5 Å². The quantitative estimate of drug-likeness (QED) is 0.824. The molecule has 0 aliphatic heterocycles. The zero-order valence-electron chi connectivity index (χ0n) is 8.63. The Morgan fingerprint density at radius 2 is 1.62 bits per heavy atom. The van der Waals surface area contributed by atoms with Crippen LogP contribution in [-0.4, -0.2) is 10.0 Å². The lowest BCUT2D eigenvalue weighted by molar-refractivity contribution is 0.327. The summed E-state index contributed by atoms with van der Waals surface area (Å²) in [5.74, 6) is 1.64. The second kappa shape index (κ2) is 4.85. The molecule has 0 fully saturated rings. The van der Waals surface area contributed by atoms with E-state index in [0.29, 0.717) is 18.2 Å². The first-order valence-corrected chi connectivity index (χ1v) is 5.25. The SMILES string of the molecule is NC(=S)N(Cc1ccco1)Cc1ccco1. The Balaban J connectivity index is 2.03. The van der Waals surface area contributed by atoms with Gasteiger partial charge in [0.15, 0.2) is 5.11 Å². The number of nitrogens with two attached hydrogens (primary N) is 1. The summed E-state index contributed by atoms with van der Waals surface area (Å²) in [5, 5.41) is 0.327. The van der Waals surface area contributed by atoms with Gasteiger partial charge in [0.1, 0.15) is 11.5 Å². The van der Waals surface area contributed by atoms with Gasteiger partial charge in [0.25, 0.3) is 0 Å². The van der Waals surface area contributed by atoms with Crippen LogP contribution >= 0.6 is 12.2 Å². The average molecular weight is 236 g/mol. The molecule has 2 heterocycles. The van der Waals surface area contributed by atoms with Gasteiger partial charge in [-0.3, -0.25) is 0 Å². The van der Waals surface area contributed by atoms with Gasteiger partial charge in [-0.1, -0.05) is 0 Å². The van der Waals surface area contributed by atoms with Gasteiger partial charge in [-0.25, -0.2) is 0 Å². The Labute approximate surface area is 98.6 Å². The lowest BCUT2D eigenvalue weighted by atomic mass is 10.3.